The van der Waals surface area contributed by atoms with Crippen LogP contribution >= 0.6 is 11.8 Å². The molecule has 0 bridgehead atoms. The van der Waals surface area contributed by atoms with Crippen LogP contribution in [0.5, 0.6) is 5.75 Å². The maximum atomic E-state index is 12.1. The van der Waals surface area contributed by atoms with E-state index in [-0.39, 0.29) is 5.75 Å². The first-order valence-electron chi connectivity index (χ1n) is 9.90. The number of nitrogens with zero attached hydrogens (tertiary/aromatic N) is 4. The van der Waals surface area contributed by atoms with Crippen molar-refractivity contribution in [1.29, 1.82) is 0 Å². The minimum atomic E-state index is -0.463. The molecule has 0 saturated heterocycles. The van der Waals surface area contributed by atoms with Crippen molar-refractivity contribution in [3.8, 4) is 22.8 Å². The molecule has 0 radical (unpaired) electrons. The number of thioether (sulfide) groups is 1. The molecule has 0 fully saturated rings. The fraction of sp³-hybridized carbons (Fsp3) is 0.0833. The zero-order chi connectivity index (χ0) is 22.1. The summed E-state index contributed by atoms with van der Waals surface area (Å²) in [6.07, 6.45) is 3.48. The Morgan fingerprint density at radius 1 is 1.06 bits per heavy atom. The number of hydrogen-bond donors (Lipinski definition) is 1. The Morgan fingerprint density at radius 2 is 1.94 bits per heavy atom. The number of aromatic nitrogens is 4. The molecule has 8 heteroatoms. The van der Waals surface area contributed by atoms with Gasteiger partial charge in [-0.2, -0.15) is 0 Å². The van der Waals surface area contributed by atoms with E-state index in [0.717, 1.165) is 27.8 Å². The summed E-state index contributed by atoms with van der Waals surface area (Å²) in [6, 6.07) is 18.1. The van der Waals surface area contributed by atoms with Gasteiger partial charge in [0.2, 0.25) is 0 Å². The van der Waals surface area contributed by atoms with Crippen LogP contribution < -0.4 is 5.63 Å². The molecular weight excluding hydrogens is 424 g/mol. The second kappa shape index (κ2) is 8.32. The molecule has 0 spiro atoms. The summed E-state index contributed by atoms with van der Waals surface area (Å²) in [6.45, 7) is 2.04. The molecule has 0 amide bonds. The first kappa shape index (κ1) is 20.0. The van der Waals surface area contributed by atoms with Crippen molar-refractivity contribution in [2.24, 2.45) is 0 Å². The highest BCUT2D eigenvalue weighted by Crippen LogP contribution is 2.32. The summed E-state index contributed by atoms with van der Waals surface area (Å²) in [5, 5.41) is 20.1. The van der Waals surface area contributed by atoms with Gasteiger partial charge < -0.3 is 9.52 Å². The third-order valence-corrected chi connectivity index (χ3v) is 6.06. The van der Waals surface area contributed by atoms with Crippen LogP contribution in [0.3, 0.4) is 0 Å². The molecule has 0 aliphatic heterocycles. The van der Waals surface area contributed by atoms with Gasteiger partial charge in [-0.25, -0.2) is 4.79 Å². The number of rotatable bonds is 5. The van der Waals surface area contributed by atoms with Gasteiger partial charge in [-0.15, -0.1) is 10.2 Å². The third kappa shape index (κ3) is 3.76. The summed E-state index contributed by atoms with van der Waals surface area (Å²) in [5.74, 6) is 1.22. The van der Waals surface area contributed by atoms with Gasteiger partial charge in [0, 0.05) is 41.2 Å². The molecule has 3 heterocycles. The van der Waals surface area contributed by atoms with E-state index in [1.54, 1.807) is 24.5 Å². The second-order valence-electron chi connectivity index (χ2n) is 7.23. The first-order valence-corrected chi connectivity index (χ1v) is 10.9. The number of hydrogen-bond acceptors (Lipinski definition) is 7. The van der Waals surface area contributed by atoms with Crippen LogP contribution in [0.1, 0.15) is 11.1 Å². The van der Waals surface area contributed by atoms with Crippen molar-refractivity contribution in [3.05, 3.63) is 94.6 Å². The largest absolute Gasteiger partial charge is 0.508 e. The van der Waals surface area contributed by atoms with Crippen molar-refractivity contribution in [3.63, 3.8) is 0 Å². The summed E-state index contributed by atoms with van der Waals surface area (Å²) in [4.78, 5) is 16.3. The zero-order valence-corrected chi connectivity index (χ0v) is 17.9. The number of phenolic OH excluding ortho intramolecular Hbond substituents is 1. The second-order valence-corrected chi connectivity index (χ2v) is 8.17. The highest BCUT2D eigenvalue weighted by Gasteiger charge is 2.18. The number of phenols is 1. The lowest BCUT2D eigenvalue weighted by molar-refractivity contribution is 0.473. The van der Waals surface area contributed by atoms with Crippen LogP contribution in [-0.2, 0) is 5.75 Å². The van der Waals surface area contributed by atoms with Gasteiger partial charge in [0.15, 0.2) is 11.0 Å². The molecular formula is C24H18N4O3S. The lowest BCUT2D eigenvalue weighted by Gasteiger charge is -2.13. The van der Waals surface area contributed by atoms with Crippen molar-refractivity contribution >= 4 is 22.7 Å². The third-order valence-electron chi connectivity index (χ3n) is 5.08. The number of pyridine rings is 1. The maximum absolute atomic E-state index is 12.1. The number of aromatic hydroxyl groups is 1. The molecule has 5 rings (SSSR count). The minimum absolute atomic E-state index is 0.0471. The van der Waals surface area contributed by atoms with Crippen molar-refractivity contribution in [1.82, 2.24) is 19.7 Å². The van der Waals surface area contributed by atoms with Crippen molar-refractivity contribution in [2.45, 2.75) is 17.8 Å². The monoisotopic (exact) mass is 442 g/mol. The average molecular weight is 443 g/mol. The molecule has 0 saturated carbocycles. The zero-order valence-electron chi connectivity index (χ0n) is 17.1. The fourth-order valence-corrected chi connectivity index (χ4v) is 4.49. The Hall–Kier alpha value is -3.91. The molecule has 7 nitrogen and oxygen atoms in total. The number of aryl methyl sites for hydroxylation is 1. The van der Waals surface area contributed by atoms with E-state index >= 15 is 0 Å². The minimum Gasteiger partial charge on any atom is -0.508 e. The Bertz CT molecular complexity index is 1480. The van der Waals surface area contributed by atoms with Crippen LogP contribution in [0.2, 0.25) is 0 Å². The van der Waals surface area contributed by atoms with Crippen LogP contribution in [-0.4, -0.2) is 24.9 Å². The van der Waals surface area contributed by atoms with Gasteiger partial charge >= 0.3 is 5.63 Å². The van der Waals surface area contributed by atoms with Gasteiger partial charge in [0.25, 0.3) is 0 Å². The number of para-hydroxylation sites is 1. The Labute approximate surface area is 187 Å². The predicted octanol–water partition coefficient (Wildman–Crippen LogP) is 4.74. The lowest BCUT2D eigenvalue weighted by Crippen LogP contribution is -2.03. The number of benzene rings is 2. The number of fused-ring (bicyclic) bond motifs is 1. The first-order chi connectivity index (χ1) is 15.6. The average Bonchev–Trinajstić information content (AvgIpc) is 3.21. The molecule has 32 heavy (non-hydrogen) atoms. The smallest absolute Gasteiger partial charge is 0.336 e. The van der Waals surface area contributed by atoms with Crippen LogP contribution in [0.15, 0.2) is 87.4 Å². The van der Waals surface area contributed by atoms with E-state index < -0.39 is 5.63 Å². The summed E-state index contributed by atoms with van der Waals surface area (Å²) in [7, 11) is 0. The van der Waals surface area contributed by atoms with Gasteiger partial charge in [-0.05, 0) is 48.4 Å². The van der Waals surface area contributed by atoms with Gasteiger partial charge in [0.1, 0.15) is 11.3 Å². The highest BCUT2D eigenvalue weighted by atomic mass is 32.2. The molecule has 0 aliphatic rings. The molecule has 2 aromatic carbocycles. The van der Waals surface area contributed by atoms with E-state index in [1.165, 1.54) is 23.9 Å². The molecule has 1 N–H and O–H groups in total. The van der Waals surface area contributed by atoms with Crippen LogP contribution in [0.25, 0.3) is 28.0 Å². The van der Waals surface area contributed by atoms with Gasteiger partial charge in [0.05, 0.1) is 5.69 Å². The van der Waals surface area contributed by atoms with Gasteiger partial charge in [-0.3, -0.25) is 9.55 Å². The fourth-order valence-electron chi connectivity index (χ4n) is 3.56. The Balaban J connectivity index is 1.58. The standard InChI is InChI=1S/C24H18N4O3S/c1-15-5-2-3-7-20(15)28-23(16-6-4-10-25-13-16)26-27-24(28)32-14-17-11-22(30)31-21-12-18(29)8-9-19(17)21/h2-13,29H,14H2,1H3. The maximum Gasteiger partial charge on any atom is 0.336 e. The highest BCUT2D eigenvalue weighted by molar-refractivity contribution is 7.98. The van der Waals surface area contributed by atoms with Gasteiger partial charge in [-0.1, -0.05) is 30.0 Å². The van der Waals surface area contributed by atoms with E-state index in [9.17, 15) is 9.90 Å². The molecule has 3 aromatic heterocycles. The van der Waals surface area contributed by atoms with E-state index in [4.69, 9.17) is 4.42 Å². The van der Waals surface area contributed by atoms with Crippen molar-refractivity contribution < 1.29 is 9.52 Å². The Morgan fingerprint density at radius 3 is 2.75 bits per heavy atom. The normalized spacial score (nSPS) is 11.2. The lowest BCUT2D eigenvalue weighted by atomic mass is 10.1. The SMILES string of the molecule is Cc1ccccc1-n1c(SCc2cc(=O)oc3cc(O)ccc23)nnc1-c1cccnc1. The van der Waals surface area contributed by atoms with E-state index in [0.29, 0.717) is 22.3 Å². The van der Waals surface area contributed by atoms with Crippen molar-refractivity contribution in [2.75, 3.05) is 0 Å². The Kier molecular flexibility index (Phi) is 5.20. The molecule has 0 unspecified atom stereocenters. The van der Waals surface area contributed by atoms with E-state index in [1.807, 2.05) is 47.9 Å². The predicted molar refractivity (Wildman–Crippen MR) is 123 cm³/mol. The topological polar surface area (TPSA) is 94.0 Å². The summed E-state index contributed by atoms with van der Waals surface area (Å²) < 4.78 is 7.25. The summed E-state index contributed by atoms with van der Waals surface area (Å²) in [5.41, 5.74) is 3.60. The molecule has 5 aromatic rings. The summed E-state index contributed by atoms with van der Waals surface area (Å²) >= 11 is 1.47. The quantitative estimate of drug-likeness (QED) is 0.310. The van der Waals surface area contributed by atoms with E-state index in [2.05, 4.69) is 15.2 Å². The molecule has 158 valence electrons. The van der Waals surface area contributed by atoms with Crippen LogP contribution in [0, 0.1) is 6.92 Å². The van der Waals surface area contributed by atoms with Crippen LogP contribution in [0.4, 0.5) is 0 Å². The molecule has 0 atom stereocenters. The molecule has 0 aliphatic carbocycles.